The molecule has 60 valence electrons. The van der Waals surface area contributed by atoms with Gasteiger partial charge < -0.3 is 0 Å². The minimum absolute atomic E-state index is 1.12. The minimum atomic E-state index is -1.12. The Bertz CT molecular complexity index is 255. The van der Waals surface area contributed by atoms with Crippen molar-refractivity contribution in [3.05, 3.63) is 28.7 Å². The van der Waals surface area contributed by atoms with Crippen LogP contribution in [0.15, 0.2) is 28.7 Å². The Hall–Kier alpha value is 0.195. The molecule has 0 unspecified atom stereocenters. The molecule has 1 aromatic rings. The van der Waals surface area contributed by atoms with Crippen LogP contribution in [-0.2, 0) is 0 Å². The van der Waals surface area contributed by atoms with Crippen LogP contribution in [0.2, 0.25) is 0 Å². The third-order valence-corrected chi connectivity index (χ3v) is 4.79. The molecule has 0 spiro atoms. The summed E-state index contributed by atoms with van der Waals surface area (Å²) in [4.78, 5) is 0. The van der Waals surface area contributed by atoms with Crippen molar-refractivity contribution in [2.24, 2.45) is 0 Å². The van der Waals surface area contributed by atoms with Crippen molar-refractivity contribution >= 4 is 35.9 Å². The molecule has 0 atom stereocenters. The number of rotatable bonds is 1. The van der Waals surface area contributed by atoms with Gasteiger partial charge in [-0.05, 0) is 0 Å². The topological polar surface area (TPSA) is 0 Å². The van der Waals surface area contributed by atoms with Crippen LogP contribution in [0.4, 0.5) is 0 Å². The van der Waals surface area contributed by atoms with Crippen molar-refractivity contribution in [1.82, 2.24) is 0 Å². The van der Waals surface area contributed by atoms with Crippen LogP contribution >= 0.6 is 23.1 Å². The molecule has 3 heteroatoms. The van der Waals surface area contributed by atoms with Gasteiger partial charge in [-0.3, -0.25) is 0 Å². The van der Waals surface area contributed by atoms with Crippen molar-refractivity contribution in [2.75, 3.05) is 13.3 Å². The first-order chi connectivity index (χ1) is 5.02. The van der Waals surface area contributed by atoms with Gasteiger partial charge in [-0.25, -0.2) is 0 Å². The first-order valence-electron chi connectivity index (χ1n) is 3.77. The van der Waals surface area contributed by atoms with Crippen molar-refractivity contribution in [2.45, 2.75) is 0 Å². The summed E-state index contributed by atoms with van der Waals surface area (Å²) in [6.45, 7) is 4.71. The summed E-state index contributed by atoms with van der Waals surface area (Å²) in [5.74, 6) is 0. The number of halogens is 1. The first-order valence-corrected chi connectivity index (χ1v) is 8.06. The summed E-state index contributed by atoms with van der Waals surface area (Å²) < 4.78 is 1.26. The van der Waals surface area contributed by atoms with E-state index >= 15 is 0 Å². The monoisotopic (exact) mass is 230 g/mol. The normalized spacial score (nSPS) is 13.0. The van der Waals surface area contributed by atoms with Gasteiger partial charge >= 0.3 is 78.0 Å². The molecule has 0 saturated heterocycles. The van der Waals surface area contributed by atoms with Crippen LogP contribution < -0.4 is 5.30 Å². The van der Waals surface area contributed by atoms with Crippen LogP contribution in [0.25, 0.3) is 0 Å². The molecule has 0 heterocycles. The Morgan fingerprint density at radius 3 is 2.18 bits per heavy atom. The zero-order chi connectivity index (χ0) is 8.48. The summed E-state index contributed by atoms with van der Waals surface area (Å²) in [5, 5.41) is 1.50. The van der Waals surface area contributed by atoms with E-state index < -0.39 is 7.14 Å². The average molecular weight is 231 g/mol. The van der Waals surface area contributed by atoms with Gasteiger partial charge in [-0.1, -0.05) is 0 Å². The van der Waals surface area contributed by atoms with Crippen molar-refractivity contribution < 1.29 is 0 Å². The SMILES string of the molecule is B[PH](C)(C)c1ccccc1Br. The molecular formula is C8H13BBrP. The van der Waals surface area contributed by atoms with Gasteiger partial charge in [0.2, 0.25) is 0 Å². The van der Waals surface area contributed by atoms with Crippen LogP contribution in [0, 0.1) is 0 Å². The maximum atomic E-state index is 3.57. The molecule has 0 saturated carbocycles. The van der Waals surface area contributed by atoms with Crippen molar-refractivity contribution in [3.8, 4) is 0 Å². The predicted octanol–water partition coefficient (Wildman–Crippen LogP) is 1.63. The second-order valence-electron chi connectivity index (χ2n) is 3.73. The van der Waals surface area contributed by atoms with Crippen LogP contribution in [-0.4, -0.2) is 20.9 Å². The Labute approximate surface area is 78.2 Å². The number of hydrogen-bond donors (Lipinski definition) is 0. The van der Waals surface area contributed by atoms with E-state index in [-0.39, 0.29) is 0 Å². The van der Waals surface area contributed by atoms with Gasteiger partial charge in [0.05, 0.1) is 0 Å². The second kappa shape index (κ2) is 3.29. The third kappa shape index (κ3) is 2.32. The fourth-order valence-corrected chi connectivity index (χ4v) is 4.53. The molecule has 0 nitrogen and oxygen atoms in total. The molecule has 0 aliphatic rings. The summed E-state index contributed by atoms with van der Waals surface area (Å²) in [6, 6.07) is 8.51. The molecule has 0 radical (unpaired) electrons. The van der Waals surface area contributed by atoms with E-state index in [1.165, 1.54) is 9.78 Å². The van der Waals surface area contributed by atoms with Crippen molar-refractivity contribution in [3.63, 3.8) is 0 Å². The van der Waals surface area contributed by atoms with E-state index in [1.54, 1.807) is 0 Å². The summed E-state index contributed by atoms with van der Waals surface area (Å²) in [6.07, 6.45) is 0. The van der Waals surface area contributed by atoms with E-state index in [9.17, 15) is 0 Å². The number of hydrogen-bond acceptors (Lipinski definition) is 0. The quantitative estimate of drug-likeness (QED) is 0.509. The van der Waals surface area contributed by atoms with E-state index in [4.69, 9.17) is 0 Å². The van der Waals surface area contributed by atoms with Crippen LogP contribution in [0.3, 0.4) is 0 Å². The zero-order valence-corrected chi connectivity index (χ0v) is 9.77. The van der Waals surface area contributed by atoms with Gasteiger partial charge in [0, 0.05) is 0 Å². The van der Waals surface area contributed by atoms with Crippen LogP contribution in [0.5, 0.6) is 0 Å². The zero-order valence-electron chi connectivity index (χ0n) is 7.19. The molecule has 0 N–H and O–H groups in total. The van der Waals surface area contributed by atoms with E-state index in [0.717, 1.165) is 0 Å². The van der Waals surface area contributed by atoms with Crippen molar-refractivity contribution in [1.29, 1.82) is 0 Å². The molecule has 0 aliphatic heterocycles. The molecule has 11 heavy (non-hydrogen) atoms. The van der Waals surface area contributed by atoms with E-state index in [0.29, 0.717) is 0 Å². The molecule has 0 amide bonds. The molecule has 0 fully saturated rings. The van der Waals surface area contributed by atoms with E-state index in [2.05, 4.69) is 61.1 Å². The summed E-state index contributed by atoms with van der Waals surface area (Å²) in [5.41, 5.74) is 0. The Morgan fingerprint density at radius 1 is 1.27 bits per heavy atom. The molecule has 0 bridgehead atoms. The Morgan fingerprint density at radius 2 is 1.82 bits per heavy atom. The number of benzene rings is 1. The maximum absolute atomic E-state index is 3.57. The third-order valence-electron chi connectivity index (χ3n) is 1.68. The molecule has 1 aromatic carbocycles. The van der Waals surface area contributed by atoms with E-state index in [1.807, 2.05) is 0 Å². The Kier molecular flexibility index (Phi) is 2.77. The molecular weight excluding hydrogens is 218 g/mol. The predicted molar refractivity (Wildman–Crippen MR) is 62.5 cm³/mol. The fourth-order valence-electron chi connectivity index (χ4n) is 1.07. The van der Waals surface area contributed by atoms with Gasteiger partial charge in [-0.15, -0.1) is 0 Å². The summed E-state index contributed by atoms with van der Waals surface area (Å²) >= 11 is 3.57. The molecule has 0 aliphatic carbocycles. The molecule has 1 rings (SSSR count). The summed E-state index contributed by atoms with van der Waals surface area (Å²) in [7, 11) is 1.23. The standard InChI is InChI=1S/C8H13BBrP/c1-11(2,9)8-6-4-3-5-7(8)10/h3-6,11H,9H2,1-2H3. The Balaban J connectivity index is 3.14. The van der Waals surface area contributed by atoms with Crippen LogP contribution in [0.1, 0.15) is 0 Å². The van der Waals surface area contributed by atoms with Gasteiger partial charge in [-0.2, -0.15) is 0 Å². The first kappa shape index (κ1) is 9.28. The van der Waals surface area contributed by atoms with Gasteiger partial charge in [0.1, 0.15) is 0 Å². The van der Waals surface area contributed by atoms with Gasteiger partial charge in [0.25, 0.3) is 0 Å². The van der Waals surface area contributed by atoms with Gasteiger partial charge in [0.15, 0.2) is 0 Å². The second-order valence-corrected chi connectivity index (χ2v) is 9.62. The fraction of sp³-hybridized carbons (Fsp3) is 0.250. The molecule has 0 aromatic heterocycles. The average Bonchev–Trinajstić information content (AvgIpc) is 1.86.